The molecule has 2 aromatic rings. The molecule has 21 heavy (non-hydrogen) atoms. The zero-order valence-electron chi connectivity index (χ0n) is 11.9. The van der Waals surface area contributed by atoms with Crippen molar-refractivity contribution in [1.29, 1.82) is 0 Å². The largest absolute Gasteiger partial charge is 0.313 e. The van der Waals surface area contributed by atoms with Crippen LogP contribution in [0, 0.1) is 0 Å². The maximum atomic E-state index is 4.24. The molecule has 1 aromatic carbocycles. The molecule has 0 aliphatic rings. The van der Waals surface area contributed by atoms with E-state index in [-0.39, 0.29) is 0 Å². The Morgan fingerprint density at radius 2 is 2.05 bits per heavy atom. The monoisotopic (exact) mass is 428 g/mol. The van der Waals surface area contributed by atoms with E-state index in [1.807, 2.05) is 30.2 Å². The van der Waals surface area contributed by atoms with Crippen LogP contribution in [0.15, 0.2) is 56.6 Å². The number of nitrogens with one attached hydrogen (secondary N) is 1. The third kappa shape index (κ3) is 5.74. The van der Waals surface area contributed by atoms with Crippen molar-refractivity contribution in [2.75, 3.05) is 12.3 Å². The minimum Gasteiger partial charge on any atom is -0.313 e. The van der Waals surface area contributed by atoms with Gasteiger partial charge in [0.15, 0.2) is 0 Å². The first-order chi connectivity index (χ1) is 10.2. The Hall–Kier alpha value is -0.360. The number of benzene rings is 1. The second-order valence-corrected chi connectivity index (χ2v) is 7.54. The van der Waals surface area contributed by atoms with Crippen molar-refractivity contribution in [1.82, 2.24) is 10.3 Å². The molecule has 0 spiro atoms. The van der Waals surface area contributed by atoms with Crippen LogP contribution >= 0.6 is 43.6 Å². The highest BCUT2D eigenvalue weighted by Gasteiger charge is 2.11. The normalized spacial score (nSPS) is 12.3. The van der Waals surface area contributed by atoms with Crippen LogP contribution in [0.1, 0.15) is 12.5 Å². The fraction of sp³-hybridized carbons (Fsp3) is 0.312. The Balaban J connectivity index is 1.97. The van der Waals surface area contributed by atoms with Crippen molar-refractivity contribution in [3.05, 3.63) is 57.2 Å². The van der Waals surface area contributed by atoms with E-state index in [4.69, 9.17) is 0 Å². The van der Waals surface area contributed by atoms with Crippen LogP contribution in [0.3, 0.4) is 0 Å². The molecule has 1 N–H and O–H groups in total. The lowest BCUT2D eigenvalue weighted by Gasteiger charge is -2.18. The number of rotatable bonds is 7. The standard InChI is InChI=1S/C16H18Br2N2S/c1-2-20-14(8-12-7-13(17)10-19-9-12)11-21-16-6-4-3-5-15(16)18/h3-7,9-10,14,20H,2,8,11H2,1H3. The lowest BCUT2D eigenvalue weighted by molar-refractivity contribution is 0.572. The van der Waals surface area contributed by atoms with Gasteiger partial charge in [-0.05, 0) is 68.6 Å². The Kier molecular flexibility index (Phi) is 7.23. The van der Waals surface area contributed by atoms with Gasteiger partial charge in [0, 0.05) is 38.0 Å². The number of pyridine rings is 1. The van der Waals surface area contributed by atoms with Gasteiger partial charge < -0.3 is 5.32 Å². The van der Waals surface area contributed by atoms with Crippen LogP contribution in [-0.2, 0) is 6.42 Å². The van der Waals surface area contributed by atoms with Crippen LogP contribution < -0.4 is 5.32 Å². The summed E-state index contributed by atoms with van der Waals surface area (Å²) in [6, 6.07) is 10.9. The van der Waals surface area contributed by atoms with E-state index in [1.54, 1.807) is 0 Å². The molecule has 2 nitrogen and oxygen atoms in total. The van der Waals surface area contributed by atoms with Gasteiger partial charge in [0.2, 0.25) is 0 Å². The van der Waals surface area contributed by atoms with E-state index in [0.29, 0.717) is 6.04 Å². The van der Waals surface area contributed by atoms with E-state index in [9.17, 15) is 0 Å². The molecule has 1 unspecified atom stereocenters. The van der Waals surface area contributed by atoms with Crippen molar-refractivity contribution in [2.24, 2.45) is 0 Å². The molecular formula is C16H18Br2N2S. The molecule has 112 valence electrons. The molecule has 0 amide bonds. The zero-order chi connectivity index (χ0) is 15.1. The third-order valence-electron chi connectivity index (χ3n) is 3.01. The molecule has 1 heterocycles. The average Bonchev–Trinajstić information content (AvgIpc) is 2.46. The summed E-state index contributed by atoms with van der Waals surface area (Å²) in [5, 5.41) is 3.56. The van der Waals surface area contributed by atoms with Crippen molar-refractivity contribution in [2.45, 2.75) is 24.3 Å². The highest BCUT2D eigenvalue weighted by molar-refractivity contribution is 9.10. The molecule has 0 bridgehead atoms. The first kappa shape index (κ1) is 17.0. The van der Waals surface area contributed by atoms with Crippen molar-refractivity contribution in [3.63, 3.8) is 0 Å². The number of aromatic nitrogens is 1. The van der Waals surface area contributed by atoms with Gasteiger partial charge in [-0.25, -0.2) is 0 Å². The summed E-state index contributed by atoms with van der Waals surface area (Å²) in [6.45, 7) is 3.12. The molecule has 0 saturated heterocycles. The minimum absolute atomic E-state index is 0.434. The first-order valence-electron chi connectivity index (χ1n) is 6.89. The summed E-state index contributed by atoms with van der Waals surface area (Å²) in [6.07, 6.45) is 4.75. The molecule has 0 aliphatic carbocycles. The predicted molar refractivity (Wildman–Crippen MR) is 98.0 cm³/mol. The molecule has 1 atom stereocenters. The summed E-state index contributed by atoms with van der Waals surface area (Å²) >= 11 is 8.96. The maximum Gasteiger partial charge on any atom is 0.0410 e. The van der Waals surface area contributed by atoms with Gasteiger partial charge in [0.25, 0.3) is 0 Å². The van der Waals surface area contributed by atoms with E-state index in [1.165, 1.54) is 10.5 Å². The van der Waals surface area contributed by atoms with Gasteiger partial charge in [-0.15, -0.1) is 11.8 Å². The Morgan fingerprint density at radius 1 is 1.24 bits per heavy atom. The van der Waals surface area contributed by atoms with E-state index < -0.39 is 0 Å². The Labute approximate surface area is 147 Å². The van der Waals surface area contributed by atoms with Crippen LogP contribution in [0.25, 0.3) is 0 Å². The van der Waals surface area contributed by atoms with Crippen LogP contribution in [-0.4, -0.2) is 23.3 Å². The van der Waals surface area contributed by atoms with Crippen molar-refractivity contribution in [3.8, 4) is 0 Å². The number of likely N-dealkylation sites (N-methyl/N-ethyl adjacent to an activating group) is 1. The van der Waals surface area contributed by atoms with Gasteiger partial charge in [-0.1, -0.05) is 19.1 Å². The van der Waals surface area contributed by atoms with Crippen LogP contribution in [0.4, 0.5) is 0 Å². The number of hydrogen-bond acceptors (Lipinski definition) is 3. The summed E-state index contributed by atoms with van der Waals surface area (Å²) in [5.41, 5.74) is 1.25. The van der Waals surface area contributed by atoms with Crippen molar-refractivity contribution < 1.29 is 0 Å². The fourth-order valence-electron chi connectivity index (χ4n) is 2.08. The van der Waals surface area contributed by atoms with Gasteiger partial charge >= 0.3 is 0 Å². The summed E-state index contributed by atoms with van der Waals surface area (Å²) in [4.78, 5) is 5.53. The molecule has 1 aromatic heterocycles. The Bertz CT molecular complexity index is 578. The quantitative estimate of drug-likeness (QED) is 0.632. The number of thioether (sulfide) groups is 1. The van der Waals surface area contributed by atoms with E-state index >= 15 is 0 Å². The van der Waals surface area contributed by atoms with Gasteiger partial charge in [-0.3, -0.25) is 4.98 Å². The van der Waals surface area contributed by atoms with E-state index in [0.717, 1.165) is 27.7 Å². The van der Waals surface area contributed by atoms with Crippen molar-refractivity contribution >= 4 is 43.6 Å². The lowest BCUT2D eigenvalue weighted by Crippen LogP contribution is -2.33. The van der Waals surface area contributed by atoms with Gasteiger partial charge in [0.1, 0.15) is 0 Å². The molecule has 0 radical (unpaired) electrons. The third-order valence-corrected chi connectivity index (χ3v) is 5.64. The number of hydrogen-bond donors (Lipinski definition) is 1. The van der Waals surface area contributed by atoms with E-state index in [2.05, 4.69) is 73.3 Å². The summed E-state index contributed by atoms with van der Waals surface area (Å²) in [7, 11) is 0. The van der Waals surface area contributed by atoms with Gasteiger partial charge in [-0.2, -0.15) is 0 Å². The average molecular weight is 430 g/mol. The molecule has 0 aliphatic heterocycles. The Morgan fingerprint density at radius 3 is 2.76 bits per heavy atom. The summed E-state index contributed by atoms with van der Waals surface area (Å²) in [5.74, 6) is 1.03. The maximum absolute atomic E-state index is 4.24. The summed E-state index contributed by atoms with van der Waals surface area (Å²) < 4.78 is 2.20. The molecule has 0 saturated carbocycles. The zero-order valence-corrected chi connectivity index (χ0v) is 15.8. The second kappa shape index (κ2) is 8.93. The predicted octanol–water partition coefficient (Wildman–Crippen LogP) is 4.92. The highest BCUT2D eigenvalue weighted by atomic mass is 79.9. The number of nitrogens with zero attached hydrogens (tertiary/aromatic N) is 1. The molecule has 2 rings (SSSR count). The molecule has 5 heteroatoms. The van der Waals surface area contributed by atoms with Crippen LogP contribution in [0.5, 0.6) is 0 Å². The minimum atomic E-state index is 0.434. The lowest BCUT2D eigenvalue weighted by atomic mass is 10.1. The van der Waals surface area contributed by atoms with Gasteiger partial charge in [0.05, 0.1) is 0 Å². The SMILES string of the molecule is CCNC(CSc1ccccc1Br)Cc1cncc(Br)c1. The smallest absolute Gasteiger partial charge is 0.0410 e. The number of halogens is 2. The first-order valence-corrected chi connectivity index (χ1v) is 9.46. The molecule has 0 fully saturated rings. The molecular weight excluding hydrogens is 412 g/mol. The highest BCUT2D eigenvalue weighted by Crippen LogP contribution is 2.28. The topological polar surface area (TPSA) is 24.9 Å². The second-order valence-electron chi connectivity index (χ2n) is 4.71. The fourth-order valence-corrected chi connectivity index (χ4v) is 4.12. The van der Waals surface area contributed by atoms with Crippen LogP contribution in [0.2, 0.25) is 0 Å².